The number of aryl methyl sites for hydroxylation is 3. The van der Waals surface area contributed by atoms with Crippen molar-refractivity contribution in [2.45, 2.75) is 20.8 Å². The SMILES string of the molecule is Cc1cc(C)nc(C)n1.OB=CO. The number of aliphatic hydroxyl groups excluding tert-OH is 1. The van der Waals surface area contributed by atoms with Gasteiger partial charge < -0.3 is 0 Å². The average molecular weight is 180 g/mol. The molecule has 0 bridgehead atoms. The summed E-state index contributed by atoms with van der Waals surface area (Å²) >= 11 is 0. The standard InChI is InChI=1S/C7H10N2.CH3BO2/c1-5-4-6(2)9-7(3)8-5;3-1-2-4/h4H,1-3H3;1,3-4H. The Hall–Kier alpha value is -1.39. The fourth-order valence-corrected chi connectivity index (χ4v) is 0.902. The Morgan fingerprint density at radius 3 is 1.85 bits per heavy atom. The molecule has 1 aromatic heterocycles. The van der Waals surface area contributed by atoms with Crippen LogP contribution >= 0.6 is 0 Å². The van der Waals surface area contributed by atoms with Gasteiger partial charge in [-0.15, -0.1) is 0 Å². The molecule has 0 saturated heterocycles. The second-order valence-electron chi connectivity index (χ2n) is 2.50. The first-order chi connectivity index (χ1) is 6.10. The summed E-state index contributed by atoms with van der Waals surface area (Å²) in [5.74, 6) is 0.854. The van der Waals surface area contributed by atoms with Crippen LogP contribution in [0.2, 0.25) is 0 Å². The predicted molar refractivity (Wildman–Crippen MR) is 52.2 cm³/mol. The molecule has 0 saturated carbocycles. The zero-order valence-corrected chi connectivity index (χ0v) is 8.02. The Kier molecular flexibility index (Phi) is 5.51. The first kappa shape index (κ1) is 11.6. The van der Waals surface area contributed by atoms with Gasteiger partial charge in [0.15, 0.2) is 0 Å². The van der Waals surface area contributed by atoms with Gasteiger partial charge >= 0.3 is 23.4 Å². The summed E-state index contributed by atoms with van der Waals surface area (Å²) in [6.07, 6.45) is 0.556. The second kappa shape index (κ2) is 6.17. The van der Waals surface area contributed by atoms with E-state index in [9.17, 15) is 0 Å². The summed E-state index contributed by atoms with van der Waals surface area (Å²) in [5, 5.41) is 14.9. The van der Waals surface area contributed by atoms with Crippen molar-refractivity contribution in [1.29, 1.82) is 0 Å². The molecule has 0 fully saturated rings. The summed E-state index contributed by atoms with van der Waals surface area (Å²) in [6, 6.07) is 1.97. The zero-order valence-electron chi connectivity index (χ0n) is 8.02. The number of rotatable bonds is 0. The maximum absolute atomic E-state index is 7.44. The molecule has 1 aromatic rings. The van der Waals surface area contributed by atoms with Gasteiger partial charge in [0.05, 0.1) is 0 Å². The first-order valence-corrected chi connectivity index (χ1v) is 3.82. The van der Waals surface area contributed by atoms with Crippen molar-refractivity contribution in [3.05, 3.63) is 23.3 Å². The van der Waals surface area contributed by atoms with E-state index in [1.807, 2.05) is 26.8 Å². The van der Waals surface area contributed by atoms with Gasteiger partial charge in [-0.3, -0.25) is 0 Å². The van der Waals surface area contributed by atoms with E-state index in [0.717, 1.165) is 17.2 Å². The molecule has 1 rings (SSSR count). The van der Waals surface area contributed by atoms with Gasteiger partial charge in [0.25, 0.3) is 0 Å². The van der Waals surface area contributed by atoms with Crippen molar-refractivity contribution >= 4 is 13.3 Å². The molecular weight excluding hydrogens is 167 g/mol. The summed E-state index contributed by atoms with van der Waals surface area (Å²) in [4.78, 5) is 8.25. The van der Waals surface area contributed by atoms with Crippen molar-refractivity contribution in [2.24, 2.45) is 0 Å². The number of hydrogen-bond acceptors (Lipinski definition) is 4. The van der Waals surface area contributed by atoms with Crippen molar-refractivity contribution < 1.29 is 10.1 Å². The minimum absolute atomic E-state index is 0.556. The Bertz CT molecular complexity index is 235. The van der Waals surface area contributed by atoms with E-state index in [4.69, 9.17) is 10.1 Å². The van der Waals surface area contributed by atoms with E-state index in [1.54, 1.807) is 0 Å². The van der Waals surface area contributed by atoms with E-state index >= 15 is 0 Å². The van der Waals surface area contributed by atoms with Crippen LogP contribution in [-0.4, -0.2) is 33.4 Å². The monoisotopic (exact) mass is 180 g/mol. The molecule has 0 aliphatic heterocycles. The molecule has 0 amide bonds. The number of hydrogen-bond donors (Lipinski definition) is 2. The predicted octanol–water partition coefficient (Wildman–Crippen LogP) is 0.132. The maximum atomic E-state index is 7.44. The van der Waals surface area contributed by atoms with Gasteiger partial charge in [0.1, 0.15) is 5.82 Å². The molecule has 1 heterocycles. The third kappa shape index (κ3) is 5.84. The van der Waals surface area contributed by atoms with Crippen LogP contribution in [-0.2, 0) is 0 Å². The van der Waals surface area contributed by atoms with Crippen molar-refractivity contribution in [2.75, 3.05) is 0 Å². The van der Waals surface area contributed by atoms with E-state index in [0.29, 0.717) is 13.3 Å². The summed E-state index contributed by atoms with van der Waals surface area (Å²) in [6.45, 7) is 5.85. The normalized spacial score (nSPS) is 8.85. The van der Waals surface area contributed by atoms with Gasteiger partial charge in [0.2, 0.25) is 0 Å². The second-order valence-corrected chi connectivity index (χ2v) is 2.50. The van der Waals surface area contributed by atoms with Crippen LogP contribution in [0.4, 0.5) is 0 Å². The summed E-state index contributed by atoms with van der Waals surface area (Å²) in [5.41, 5.74) is 2.08. The Labute approximate surface area is 78.2 Å². The molecule has 13 heavy (non-hydrogen) atoms. The van der Waals surface area contributed by atoms with Crippen LogP contribution in [0.25, 0.3) is 0 Å². The molecular formula is C8H13BN2O2. The zero-order chi connectivity index (χ0) is 10.3. The van der Waals surface area contributed by atoms with Crippen LogP contribution in [0.3, 0.4) is 0 Å². The molecule has 0 aliphatic carbocycles. The van der Waals surface area contributed by atoms with Crippen LogP contribution in [0.5, 0.6) is 0 Å². The number of aliphatic hydroxyl groups is 1. The fraction of sp³-hybridized carbons (Fsp3) is 0.375. The Morgan fingerprint density at radius 1 is 1.23 bits per heavy atom. The Balaban J connectivity index is 0.000000310. The quantitative estimate of drug-likeness (QED) is 0.557. The minimum atomic E-state index is 0.556. The van der Waals surface area contributed by atoms with E-state index < -0.39 is 0 Å². The van der Waals surface area contributed by atoms with Crippen LogP contribution < -0.4 is 0 Å². The molecule has 0 aliphatic rings. The molecule has 0 spiro atoms. The molecule has 70 valence electrons. The molecule has 2 N–H and O–H groups in total. The first-order valence-electron chi connectivity index (χ1n) is 3.82. The molecule has 0 unspecified atom stereocenters. The topological polar surface area (TPSA) is 66.2 Å². The van der Waals surface area contributed by atoms with Crippen molar-refractivity contribution in [1.82, 2.24) is 9.97 Å². The third-order valence-corrected chi connectivity index (χ3v) is 1.16. The van der Waals surface area contributed by atoms with E-state index in [-0.39, 0.29) is 0 Å². The molecule has 5 heteroatoms. The summed E-state index contributed by atoms with van der Waals surface area (Å²) in [7, 11) is 0.556. The fourth-order valence-electron chi connectivity index (χ4n) is 0.902. The molecule has 4 nitrogen and oxygen atoms in total. The molecule has 0 atom stereocenters. The summed E-state index contributed by atoms with van der Waals surface area (Å²) < 4.78 is 0. The average Bonchev–Trinajstić information content (AvgIpc) is 2.02. The van der Waals surface area contributed by atoms with E-state index in [1.165, 1.54) is 0 Å². The van der Waals surface area contributed by atoms with Crippen molar-refractivity contribution in [3.63, 3.8) is 0 Å². The van der Waals surface area contributed by atoms with Crippen LogP contribution in [0.15, 0.2) is 6.07 Å². The van der Waals surface area contributed by atoms with Gasteiger partial charge in [0, 0.05) is 11.4 Å². The molecule has 0 aromatic carbocycles. The van der Waals surface area contributed by atoms with E-state index in [2.05, 4.69) is 9.97 Å². The third-order valence-electron chi connectivity index (χ3n) is 1.16. The van der Waals surface area contributed by atoms with Crippen LogP contribution in [0, 0.1) is 20.8 Å². The van der Waals surface area contributed by atoms with Crippen molar-refractivity contribution in [3.8, 4) is 0 Å². The van der Waals surface area contributed by atoms with Gasteiger partial charge in [-0.05, 0) is 26.8 Å². The Morgan fingerprint density at radius 2 is 1.62 bits per heavy atom. The molecule has 0 radical (unpaired) electrons. The van der Waals surface area contributed by atoms with Gasteiger partial charge in [-0.25, -0.2) is 9.97 Å². The van der Waals surface area contributed by atoms with Gasteiger partial charge in [-0.1, -0.05) is 0 Å². The van der Waals surface area contributed by atoms with Crippen LogP contribution in [0.1, 0.15) is 17.2 Å². The van der Waals surface area contributed by atoms with Gasteiger partial charge in [-0.2, -0.15) is 0 Å². The number of nitrogens with zero attached hydrogens (tertiary/aromatic N) is 2. The number of aromatic nitrogens is 2.